The van der Waals surface area contributed by atoms with E-state index in [9.17, 15) is 0 Å². The Bertz CT molecular complexity index is 634. The highest BCUT2D eigenvalue weighted by atomic mass is 16.8. The maximum Gasteiger partial charge on any atom is 0.173 e. The summed E-state index contributed by atoms with van der Waals surface area (Å²) in [5.41, 5.74) is 2.45. The molecule has 0 radical (unpaired) electrons. The fourth-order valence-corrected chi connectivity index (χ4v) is 4.55. The quantitative estimate of drug-likeness (QED) is 0.774. The molecule has 0 aromatic heterocycles. The first-order valence-electron chi connectivity index (χ1n) is 8.81. The van der Waals surface area contributed by atoms with Gasteiger partial charge in [-0.2, -0.15) is 0 Å². The van der Waals surface area contributed by atoms with Gasteiger partial charge < -0.3 is 9.47 Å². The molecule has 0 N–H and O–H groups in total. The van der Waals surface area contributed by atoms with Crippen LogP contribution in [0.5, 0.6) is 0 Å². The Labute approximate surface area is 137 Å². The van der Waals surface area contributed by atoms with Crippen molar-refractivity contribution in [1.82, 2.24) is 0 Å². The maximum atomic E-state index is 6.67. The maximum absolute atomic E-state index is 6.67. The third-order valence-electron chi connectivity index (χ3n) is 5.77. The number of hydrogen-bond donors (Lipinski definition) is 0. The van der Waals surface area contributed by atoms with Crippen LogP contribution in [0.3, 0.4) is 0 Å². The Kier molecular flexibility index (Phi) is 3.10. The summed E-state index contributed by atoms with van der Waals surface area (Å²) in [7, 11) is 0. The SMILES string of the molecule is c1ccc([C@H]2OC3(CCC[C@H]4C[C@H]43)O[C@H]2c2ccccc2)cc1. The predicted octanol–water partition coefficient (Wildman–Crippen LogP) is 5.03. The van der Waals surface area contributed by atoms with Crippen LogP contribution < -0.4 is 0 Å². The van der Waals surface area contributed by atoms with Crippen LogP contribution in [0.2, 0.25) is 0 Å². The van der Waals surface area contributed by atoms with Gasteiger partial charge in [-0.15, -0.1) is 0 Å². The molecule has 2 aromatic rings. The van der Waals surface area contributed by atoms with Gasteiger partial charge in [-0.05, 0) is 36.3 Å². The highest BCUT2D eigenvalue weighted by Gasteiger charge is 2.62. The summed E-state index contributed by atoms with van der Waals surface area (Å²) in [5, 5.41) is 0. The van der Waals surface area contributed by atoms with Gasteiger partial charge in [0, 0.05) is 12.3 Å². The van der Waals surface area contributed by atoms with Gasteiger partial charge in [0.1, 0.15) is 12.2 Å². The van der Waals surface area contributed by atoms with Gasteiger partial charge in [0.2, 0.25) is 0 Å². The minimum Gasteiger partial charge on any atom is -0.339 e. The highest BCUT2D eigenvalue weighted by Crippen LogP contribution is 2.63. The number of rotatable bonds is 2. The molecule has 5 atom stereocenters. The molecule has 0 amide bonds. The monoisotopic (exact) mass is 306 g/mol. The summed E-state index contributed by atoms with van der Waals surface area (Å²) in [6, 6.07) is 21.1. The zero-order chi connectivity index (χ0) is 15.3. The summed E-state index contributed by atoms with van der Waals surface area (Å²) in [4.78, 5) is 0. The fourth-order valence-electron chi connectivity index (χ4n) is 4.55. The van der Waals surface area contributed by atoms with E-state index in [4.69, 9.17) is 9.47 Å². The van der Waals surface area contributed by atoms with E-state index in [1.807, 2.05) is 0 Å². The second kappa shape index (κ2) is 5.19. The molecule has 2 heteroatoms. The molecular weight excluding hydrogens is 284 g/mol. The third-order valence-corrected chi connectivity index (χ3v) is 5.77. The zero-order valence-corrected chi connectivity index (χ0v) is 13.2. The standard InChI is InChI=1S/C21H22O2/c1-3-8-15(9-4-1)19-20(16-10-5-2-6-11-16)23-21(22-19)13-7-12-17-14-18(17)21/h1-6,8-11,17-20H,7,12-14H2/t17-,18+,19-,20+,21?/m0/s1. The van der Waals surface area contributed by atoms with Gasteiger partial charge in [-0.1, -0.05) is 60.7 Å². The van der Waals surface area contributed by atoms with Crippen LogP contribution in [0.1, 0.15) is 49.0 Å². The Hall–Kier alpha value is -1.64. The van der Waals surface area contributed by atoms with Crippen molar-refractivity contribution in [3.8, 4) is 0 Å². The lowest BCUT2D eigenvalue weighted by molar-refractivity contribution is -0.206. The Morgan fingerprint density at radius 2 is 1.35 bits per heavy atom. The fraction of sp³-hybridized carbons (Fsp3) is 0.429. The van der Waals surface area contributed by atoms with Crippen LogP contribution in [0, 0.1) is 11.8 Å². The van der Waals surface area contributed by atoms with Crippen molar-refractivity contribution in [3.63, 3.8) is 0 Å². The summed E-state index contributed by atoms with van der Waals surface area (Å²) < 4.78 is 13.3. The molecule has 2 nitrogen and oxygen atoms in total. The van der Waals surface area contributed by atoms with E-state index in [0.29, 0.717) is 5.92 Å². The van der Waals surface area contributed by atoms with Crippen LogP contribution >= 0.6 is 0 Å². The van der Waals surface area contributed by atoms with Crippen molar-refractivity contribution in [2.75, 3.05) is 0 Å². The number of fused-ring (bicyclic) bond motifs is 2. The van der Waals surface area contributed by atoms with E-state index in [0.717, 1.165) is 12.3 Å². The van der Waals surface area contributed by atoms with Gasteiger partial charge in [0.05, 0.1) is 0 Å². The molecule has 5 rings (SSSR count). The van der Waals surface area contributed by atoms with Crippen LogP contribution in [0.4, 0.5) is 0 Å². The minimum absolute atomic E-state index is 0.00190. The smallest absolute Gasteiger partial charge is 0.173 e. The average Bonchev–Trinajstić information content (AvgIpc) is 3.32. The molecule has 2 aliphatic carbocycles. The first kappa shape index (κ1) is 13.8. The first-order valence-corrected chi connectivity index (χ1v) is 8.81. The second-order valence-corrected chi connectivity index (χ2v) is 7.20. The molecule has 1 unspecified atom stereocenters. The van der Waals surface area contributed by atoms with E-state index in [-0.39, 0.29) is 18.0 Å². The molecule has 23 heavy (non-hydrogen) atoms. The predicted molar refractivity (Wildman–Crippen MR) is 88.7 cm³/mol. The van der Waals surface area contributed by atoms with E-state index in [1.165, 1.54) is 30.4 Å². The minimum atomic E-state index is -0.343. The first-order chi connectivity index (χ1) is 11.4. The van der Waals surface area contributed by atoms with Crippen LogP contribution in [-0.4, -0.2) is 5.79 Å². The van der Waals surface area contributed by atoms with E-state index in [1.54, 1.807) is 0 Å². The third kappa shape index (κ3) is 2.24. The molecule has 2 aromatic carbocycles. The van der Waals surface area contributed by atoms with Gasteiger partial charge in [-0.3, -0.25) is 0 Å². The van der Waals surface area contributed by atoms with Gasteiger partial charge >= 0.3 is 0 Å². The molecule has 1 spiro atoms. The molecule has 1 saturated heterocycles. The Morgan fingerprint density at radius 1 is 0.783 bits per heavy atom. The molecule has 3 fully saturated rings. The number of hydrogen-bond acceptors (Lipinski definition) is 2. The lowest BCUT2D eigenvalue weighted by Crippen LogP contribution is -2.36. The van der Waals surface area contributed by atoms with Crippen LogP contribution in [0.25, 0.3) is 0 Å². The van der Waals surface area contributed by atoms with E-state index >= 15 is 0 Å². The summed E-state index contributed by atoms with van der Waals surface area (Å²) in [6.45, 7) is 0. The lowest BCUT2D eigenvalue weighted by atomic mass is 9.94. The Balaban J connectivity index is 1.54. The van der Waals surface area contributed by atoms with Crippen molar-refractivity contribution < 1.29 is 9.47 Å². The molecule has 3 aliphatic rings. The molecule has 1 heterocycles. The van der Waals surface area contributed by atoms with Crippen molar-refractivity contribution in [2.24, 2.45) is 11.8 Å². The average molecular weight is 306 g/mol. The topological polar surface area (TPSA) is 18.5 Å². The normalized spacial score (nSPS) is 38.4. The summed E-state index contributed by atoms with van der Waals surface area (Å²) in [5.74, 6) is 1.09. The van der Waals surface area contributed by atoms with Gasteiger partial charge in [0.15, 0.2) is 5.79 Å². The highest BCUT2D eigenvalue weighted by molar-refractivity contribution is 5.27. The van der Waals surface area contributed by atoms with Gasteiger partial charge in [0.25, 0.3) is 0 Å². The van der Waals surface area contributed by atoms with Crippen LogP contribution in [-0.2, 0) is 9.47 Å². The largest absolute Gasteiger partial charge is 0.339 e. The molecule has 0 bridgehead atoms. The summed E-state index contributed by atoms with van der Waals surface area (Å²) >= 11 is 0. The van der Waals surface area contributed by atoms with E-state index < -0.39 is 0 Å². The second-order valence-electron chi connectivity index (χ2n) is 7.20. The Morgan fingerprint density at radius 3 is 1.91 bits per heavy atom. The summed E-state index contributed by atoms with van der Waals surface area (Å²) in [6.07, 6.45) is 4.90. The molecular formula is C21H22O2. The van der Waals surface area contributed by atoms with E-state index in [2.05, 4.69) is 60.7 Å². The number of ether oxygens (including phenoxy) is 2. The van der Waals surface area contributed by atoms with Crippen molar-refractivity contribution in [1.29, 1.82) is 0 Å². The van der Waals surface area contributed by atoms with Crippen molar-refractivity contribution in [2.45, 2.75) is 43.7 Å². The van der Waals surface area contributed by atoms with Crippen molar-refractivity contribution >= 4 is 0 Å². The zero-order valence-electron chi connectivity index (χ0n) is 13.2. The van der Waals surface area contributed by atoms with Crippen LogP contribution in [0.15, 0.2) is 60.7 Å². The van der Waals surface area contributed by atoms with Crippen molar-refractivity contribution in [3.05, 3.63) is 71.8 Å². The molecule has 2 saturated carbocycles. The lowest BCUT2D eigenvalue weighted by Gasteiger charge is -2.32. The molecule has 1 aliphatic heterocycles. The molecule has 118 valence electrons. The van der Waals surface area contributed by atoms with Gasteiger partial charge in [-0.25, -0.2) is 0 Å². The number of benzene rings is 2.